The summed E-state index contributed by atoms with van der Waals surface area (Å²) in [6.07, 6.45) is 0.776. The average Bonchev–Trinajstić information content (AvgIpc) is 3.23. The Morgan fingerprint density at radius 2 is 1.96 bits per heavy atom. The second-order valence-electron chi connectivity index (χ2n) is 6.24. The van der Waals surface area contributed by atoms with E-state index in [2.05, 4.69) is 5.32 Å². The lowest BCUT2D eigenvalue weighted by Crippen LogP contribution is -2.37. The minimum atomic E-state index is -0.0692. The highest BCUT2D eigenvalue weighted by atomic mass is 32.1. The first-order chi connectivity index (χ1) is 11.9. The number of hydrogen-bond donors (Lipinski definition) is 1. The van der Waals surface area contributed by atoms with Gasteiger partial charge in [-0.3, -0.25) is 14.4 Å². The molecule has 1 aromatic carbocycles. The predicted molar refractivity (Wildman–Crippen MR) is 97.9 cm³/mol. The van der Waals surface area contributed by atoms with Crippen molar-refractivity contribution in [1.82, 2.24) is 10.2 Å². The molecule has 1 aliphatic heterocycles. The molecule has 1 atom stereocenters. The molecule has 0 aliphatic carbocycles. The number of amides is 2. The van der Waals surface area contributed by atoms with E-state index in [1.54, 1.807) is 17.9 Å². The highest BCUT2D eigenvalue weighted by molar-refractivity contribution is 7.17. The van der Waals surface area contributed by atoms with Gasteiger partial charge in [0.15, 0.2) is 5.78 Å². The summed E-state index contributed by atoms with van der Waals surface area (Å²) in [5.41, 5.74) is 1.56. The monoisotopic (exact) mass is 356 g/mol. The summed E-state index contributed by atoms with van der Waals surface area (Å²) in [5.74, 6) is -0.0529. The van der Waals surface area contributed by atoms with Gasteiger partial charge >= 0.3 is 0 Å². The van der Waals surface area contributed by atoms with Crippen molar-refractivity contribution >= 4 is 28.9 Å². The zero-order valence-electron chi connectivity index (χ0n) is 14.2. The molecule has 6 heteroatoms. The largest absolute Gasteiger partial charge is 0.352 e. The fourth-order valence-corrected chi connectivity index (χ4v) is 3.92. The Kier molecular flexibility index (Phi) is 4.99. The van der Waals surface area contributed by atoms with Crippen molar-refractivity contribution in [3.63, 3.8) is 0 Å². The zero-order valence-corrected chi connectivity index (χ0v) is 15.1. The Labute approximate surface area is 150 Å². The first kappa shape index (κ1) is 17.4. The fourth-order valence-electron chi connectivity index (χ4n) is 3.02. The topological polar surface area (TPSA) is 66.5 Å². The van der Waals surface area contributed by atoms with Gasteiger partial charge in [0.25, 0.3) is 5.91 Å². The number of benzene rings is 1. The maximum atomic E-state index is 12.7. The molecule has 0 unspecified atom stereocenters. The van der Waals surface area contributed by atoms with Crippen LogP contribution in [0, 0.1) is 0 Å². The lowest BCUT2D eigenvalue weighted by molar-refractivity contribution is -0.119. The molecule has 0 radical (unpaired) electrons. The second-order valence-corrected chi connectivity index (χ2v) is 7.32. The maximum absolute atomic E-state index is 12.7. The van der Waals surface area contributed by atoms with Crippen LogP contribution < -0.4 is 5.32 Å². The van der Waals surface area contributed by atoms with Crippen molar-refractivity contribution in [3.8, 4) is 10.4 Å². The third-order valence-electron chi connectivity index (χ3n) is 4.23. The van der Waals surface area contributed by atoms with Crippen molar-refractivity contribution in [2.24, 2.45) is 0 Å². The molecule has 0 saturated carbocycles. The average molecular weight is 356 g/mol. The number of thiophene rings is 1. The van der Waals surface area contributed by atoms with E-state index in [4.69, 9.17) is 0 Å². The Morgan fingerprint density at radius 3 is 2.64 bits per heavy atom. The molecule has 2 heterocycles. The lowest BCUT2D eigenvalue weighted by Gasteiger charge is -2.17. The summed E-state index contributed by atoms with van der Waals surface area (Å²) in [4.78, 5) is 38.8. The zero-order chi connectivity index (χ0) is 18.0. The summed E-state index contributed by atoms with van der Waals surface area (Å²) in [7, 11) is 0. The van der Waals surface area contributed by atoms with Crippen LogP contribution in [0.2, 0.25) is 0 Å². The number of likely N-dealkylation sites (tertiary alicyclic amines) is 1. The molecule has 130 valence electrons. The van der Waals surface area contributed by atoms with E-state index in [9.17, 15) is 14.4 Å². The normalized spacial score (nSPS) is 16.7. The van der Waals surface area contributed by atoms with E-state index in [0.29, 0.717) is 23.5 Å². The van der Waals surface area contributed by atoms with Crippen LogP contribution in [-0.4, -0.2) is 41.6 Å². The van der Waals surface area contributed by atoms with Gasteiger partial charge < -0.3 is 10.2 Å². The molecule has 2 amide bonds. The molecule has 1 aliphatic rings. The van der Waals surface area contributed by atoms with E-state index in [1.807, 2.05) is 30.3 Å². The van der Waals surface area contributed by atoms with Crippen LogP contribution in [0.15, 0.2) is 36.4 Å². The summed E-state index contributed by atoms with van der Waals surface area (Å²) >= 11 is 1.43. The number of carbonyl (C=O) groups excluding carboxylic acids is 3. The van der Waals surface area contributed by atoms with E-state index in [-0.39, 0.29) is 23.6 Å². The number of carbonyl (C=O) groups is 3. The molecule has 3 rings (SSSR count). The van der Waals surface area contributed by atoms with E-state index >= 15 is 0 Å². The van der Waals surface area contributed by atoms with Crippen LogP contribution in [-0.2, 0) is 4.79 Å². The van der Waals surface area contributed by atoms with Crippen LogP contribution in [0.3, 0.4) is 0 Å². The van der Waals surface area contributed by atoms with E-state index < -0.39 is 0 Å². The number of nitrogens with one attached hydrogen (secondary N) is 1. The first-order valence-electron chi connectivity index (χ1n) is 8.21. The third kappa shape index (κ3) is 3.96. The quantitative estimate of drug-likeness (QED) is 0.857. The van der Waals surface area contributed by atoms with Crippen molar-refractivity contribution < 1.29 is 14.4 Å². The molecule has 25 heavy (non-hydrogen) atoms. The Bertz CT molecular complexity index is 828. The molecule has 1 aromatic heterocycles. The van der Waals surface area contributed by atoms with E-state index in [0.717, 1.165) is 16.9 Å². The standard InChI is InChI=1S/C19H20N2O3S/c1-12(22)17-6-7-18(25-17)14-4-3-5-15(10-14)19(24)21-9-8-16(11-21)20-13(2)23/h3-7,10,16H,8-9,11H2,1-2H3,(H,20,23)/t16-/m0/s1. The predicted octanol–water partition coefficient (Wildman–Crippen LogP) is 2.97. The second kappa shape index (κ2) is 7.19. The molecule has 1 fully saturated rings. The van der Waals surface area contributed by atoms with Crippen molar-refractivity contribution in [3.05, 3.63) is 46.8 Å². The molecular formula is C19H20N2O3S. The summed E-state index contributed by atoms with van der Waals surface area (Å²) in [6, 6.07) is 11.2. The van der Waals surface area contributed by atoms with Crippen LogP contribution in [0.25, 0.3) is 10.4 Å². The van der Waals surface area contributed by atoms with Gasteiger partial charge in [-0.2, -0.15) is 0 Å². The Hall–Kier alpha value is -2.47. The molecular weight excluding hydrogens is 336 g/mol. The highest BCUT2D eigenvalue weighted by Crippen LogP contribution is 2.29. The molecule has 1 N–H and O–H groups in total. The Morgan fingerprint density at radius 1 is 1.16 bits per heavy atom. The summed E-state index contributed by atoms with van der Waals surface area (Å²) < 4.78 is 0. The summed E-state index contributed by atoms with van der Waals surface area (Å²) in [6.45, 7) is 4.22. The maximum Gasteiger partial charge on any atom is 0.253 e. The summed E-state index contributed by atoms with van der Waals surface area (Å²) in [5, 5.41) is 2.87. The molecule has 5 nitrogen and oxygen atoms in total. The van der Waals surface area contributed by atoms with Crippen molar-refractivity contribution in [1.29, 1.82) is 0 Å². The number of nitrogens with zero attached hydrogens (tertiary/aromatic N) is 1. The minimum absolute atomic E-state index is 0.0278. The fraction of sp³-hybridized carbons (Fsp3) is 0.316. The molecule has 2 aromatic rings. The smallest absolute Gasteiger partial charge is 0.253 e. The van der Waals surface area contributed by atoms with Gasteiger partial charge in [-0.1, -0.05) is 12.1 Å². The minimum Gasteiger partial charge on any atom is -0.352 e. The van der Waals surface area contributed by atoms with Crippen LogP contribution in [0.5, 0.6) is 0 Å². The lowest BCUT2D eigenvalue weighted by atomic mass is 10.1. The van der Waals surface area contributed by atoms with Gasteiger partial charge in [0, 0.05) is 36.5 Å². The van der Waals surface area contributed by atoms with Crippen LogP contribution >= 0.6 is 11.3 Å². The van der Waals surface area contributed by atoms with Gasteiger partial charge in [0.05, 0.1) is 4.88 Å². The molecule has 0 spiro atoms. The SMILES string of the molecule is CC(=O)N[C@H]1CCN(C(=O)c2cccc(-c3ccc(C(C)=O)s3)c2)C1. The van der Waals surface area contributed by atoms with Crippen LogP contribution in [0.1, 0.15) is 40.3 Å². The highest BCUT2D eigenvalue weighted by Gasteiger charge is 2.27. The molecule has 0 bridgehead atoms. The van der Waals surface area contributed by atoms with Gasteiger partial charge in [-0.05, 0) is 43.2 Å². The molecule has 1 saturated heterocycles. The van der Waals surface area contributed by atoms with Gasteiger partial charge in [-0.15, -0.1) is 11.3 Å². The third-order valence-corrected chi connectivity index (χ3v) is 5.47. The Balaban J connectivity index is 1.76. The van der Waals surface area contributed by atoms with Gasteiger partial charge in [-0.25, -0.2) is 0 Å². The van der Waals surface area contributed by atoms with Crippen molar-refractivity contribution in [2.45, 2.75) is 26.3 Å². The van der Waals surface area contributed by atoms with Gasteiger partial charge in [0.2, 0.25) is 5.91 Å². The van der Waals surface area contributed by atoms with Crippen LogP contribution in [0.4, 0.5) is 0 Å². The number of Topliss-reactive ketones (excluding diaryl/α,β-unsaturated/α-hetero) is 1. The number of hydrogen-bond acceptors (Lipinski definition) is 4. The number of rotatable bonds is 4. The number of ketones is 1. The van der Waals surface area contributed by atoms with Crippen molar-refractivity contribution in [2.75, 3.05) is 13.1 Å². The first-order valence-corrected chi connectivity index (χ1v) is 9.03. The van der Waals surface area contributed by atoms with E-state index in [1.165, 1.54) is 18.3 Å². The van der Waals surface area contributed by atoms with Gasteiger partial charge in [0.1, 0.15) is 0 Å².